The molecule has 100 valence electrons. The van der Waals surface area contributed by atoms with Crippen LogP contribution in [0.25, 0.3) is 0 Å². The molecule has 0 saturated carbocycles. The molecule has 0 aliphatic heterocycles. The van der Waals surface area contributed by atoms with Crippen LogP contribution in [-0.4, -0.2) is 18.5 Å². The molecule has 0 aliphatic carbocycles. The predicted octanol–water partition coefficient (Wildman–Crippen LogP) is 3.43. The van der Waals surface area contributed by atoms with Crippen molar-refractivity contribution in [1.29, 1.82) is 0 Å². The van der Waals surface area contributed by atoms with E-state index in [2.05, 4.69) is 31.4 Å². The molecule has 1 amide bonds. The van der Waals surface area contributed by atoms with Crippen molar-refractivity contribution in [3.05, 3.63) is 29.8 Å². The molecular weight excluding hydrogens is 224 g/mol. The van der Waals surface area contributed by atoms with Gasteiger partial charge in [-0.15, -0.1) is 0 Å². The monoisotopic (exact) mass is 248 g/mol. The molecule has 0 atom stereocenters. The van der Waals surface area contributed by atoms with Gasteiger partial charge in [0.25, 0.3) is 5.91 Å². The number of hydrogen-bond donors (Lipinski definition) is 2. The third-order valence-corrected chi connectivity index (χ3v) is 3.05. The first kappa shape index (κ1) is 14.6. The minimum atomic E-state index is 0.0192. The Morgan fingerprint density at radius 3 is 2.22 bits per heavy atom. The molecule has 1 aromatic carbocycles. The van der Waals surface area contributed by atoms with Crippen LogP contribution in [0.1, 0.15) is 50.4 Å². The van der Waals surface area contributed by atoms with E-state index in [0.717, 1.165) is 37.1 Å². The summed E-state index contributed by atoms with van der Waals surface area (Å²) in [5.74, 6) is 0.0192. The Labute approximate surface area is 110 Å². The van der Waals surface area contributed by atoms with Gasteiger partial charge in [0.05, 0.1) is 0 Å². The molecule has 0 aromatic heterocycles. The number of anilines is 1. The maximum Gasteiger partial charge on any atom is 0.251 e. The van der Waals surface area contributed by atoms with Crippen molar-refractivity contribution in [1.82, 2.24) is 5.32 Å². The lowest BCUT2D eigenvalue weighted by Gasteiger charge is -2.14. The number of rotatable bonds is 7. The molecule has 1 rings (SSSR count). The fraction of sp³-hybridized carbons (Fsp3) is 0.533. The summed E-state index contributed by atoms with van der Waals surface area (Å²) in [6.45, 7) is 7.27. The molecule has 0 aliphatic rings. The Bertz CT molecular complexity index is 355. The summed E-state index contributed by atoms with van der Waals surface area (Å²) in [7, 11) is 0. The van der Waals surface area contributed by atoms with Crippen molar-refractivity contribution in [3.8, 4) is 0 Å². The van der Waals surface area contributed by atoms with E-state index >= 15 is 0 Å². The fourth-order valence-corrected chi connectivity index (χ4v) is 1.77. The average molecular weight is 248 g/mol. The number of nitrogens with one attached hydrogen (secondary N) is 2. The highest BCUT2D eigenvalue weighted by Crippen LogP contribution is 2.10. The molecule has 0 radical (unpaired) electrons. The van der Waals surface area contributed by atoms with E-state index in [-0.39, 0.29) is 11.9 Å². The summed E-state index contributed by atoms with van der Waals surface area (Å²) in [4.78, 5) is 12.0. The second-order valence-electron chi connectivity index (χ2n) is 4.49. The Kier molecular flexibility index (Phi) is 6.26. The van der Waals surface area contributed by atoms with Crippen LogP contribution in [0.5, 0.6) is 0 Å². The summed E-state index contributed by atoms with van der Waals surface area (Å²) in [6, 6.07) is 7.93. The first-order valence-corrected chi connectivity index (χ1v) is 6.86. The number of carbonyl (C=O) groups excluding carboxylic acids is 1. The third kappa shape index (κ3) is 4.40. The van der Waals surface area contributed by atoms with Crippen LogP contribution in [-0.2, 0) is 0 Å². The van der Waals surface area contributed by atoms with Crippen molar-refractivity contribution in [2.75, 3.05) is 11.9 Å². The zero-order valence-electron chi connectivity index (χ0n) is 11.6. The molecule has 0 heterocycles. The summed E-state index contributed by atoms with van der Waals surface area (Å²) in [5.41, 5.74) is 1.79. The van der Waals surface area contributed by atoms with Crippen LogP contribution >= 0.6 is 0 Å². The highest BCUT2D eigenvalue weighted by Gasteiger charge is 2.10. The first-order chi connectivity index (χ1) is 8.71. The van der Waals surface area contributed by atoms with Gasteiger partial charge in [-0.2, -0.15) is 0 Å². The van der Waals surface area contributed by atoms with Gasteiger partial charge in [-0.25, -0.2) is 0 Å². The van der Waals surface area contributed by atoms with E-state index in [0.29, 0.717) is 0 Å². The molecule has 0 spiro atoms. The standard InChI is InChI=1S/C15H24N2O/c1-4-11-16-14-9-7-12(8-10-14)15(18)17-13(5-2)6-3/h7-10,13,16H,4-6,11H2,1-3H3,(H,17,18). The summed E-state index contributed by atoms with van der Waals surface area (Å²) < 4.78 is 0. The molecule has 0 bridgehead atoms. The van der Waals surface area contributed by atoms with Gasteiger partial charge >= 0.3 is 0 Å². The lowest BCUT2D eigenvalue weighted by Crippen LogP contribution is -2.33. The Balaban J connectivity index is 2.58. The summed E-state index contributed by atoms with van der Waals surface area (Å²) >= 11 is 0. The van der Waals surface area contributed by atoms with Gasteiger partial charge in [-0.05, 0) is 43.5 Å². The Hall–Kier alpha value is -1.51. The second kappa shape index (κ2) is 7.75. The normalized spacial score (nSPS) is 10.4. The molecule has 2 N–H and O–H groups in total. The van der Waals surface area contributed by atoms with Gasteiger partial charge in [0, 0.05) is 23.8 Å². The van der Waals surface area contributed by atoms with Gasteiger partial charge in [0.2, 0.25) is 0 Å². The molecular formula is C15H24N2O. The van der Waals surface area contributed by atoms with Crippen LogP contribution in [0, 0.1) is 0 Å². The molecule has 0 unspecified atom stereocenters. The largest absolute Gasteiger partial charge is 0.385 e. The van der Waals surface area contributed by atoms with Gasteiger partial charge < -0.3 is 10.6 Å². The smallest absolute Gasteiger partial charge is 0.251 e. The van der Waals surface area contributed by atoms with E-state index in [4.69, 9.17) is 0 Å². The van der Waals surface area contributed by atoms with E-state index < -0.39 is 0 Å². The molecule has 0 fully saturated rings. The number of benzene rings is 1. The van der Waals surface area contributed by atoms with Crippen molar-refractivity contribution in [2.45, 2.75) is 46.1 Å². The van der Waals surface area contributed by atoms with Crippen molar-refractivity contribution in [3.63, 3.8) is 0 Å². The maximum atomic E-state index is 12.0. The lowest BCUT2D eigenvalue weighted by atomic mass is 10.1. The Morgan fingerprint density at radius 1 is 1.11 bits per heavy atom. The molecule has 0 saturated heterocycles. The topological polar surface area (TPSA) is 41.1 Å². The number of carbonyl (C=O) groups is 1. The molecule has 18 heavy (non-hydrogen) atoms. The van der Waals surface area contributed by atoms with Gasteiger partial charge in [-0.1, -0.05) is 20.8 Å². The SMILES string of the molecule is CCCNc1ccc(C(=O)NC(CC)CC)cc1. The van der Waals surface area contributed by atoms with Gasteiger partial charge in [0.1, 0.15) is 0 Å². The highest BCUT2D eigenvalue weighted by molar-refractivity contribution is 5.94. The maximum absolute atomic E-state index is 12.0. The number of hydrogen-bond acceptors (Lipinski definition) is 2. The number of amides is 1. The molecule has 3 heteroatoms. The molecule has 3 nitrogen and oxygen atoms in total. The quantitative estimate of drug-likeness (QED) is 0.776. The summed E-state index contributed by atoms with van der Waals surface area (Å²) in [5, 5.41) is 6.33. The minimum absolute atomic E-state index is 0.0192. The summed E-state index contributed by atoms with van der Waals surface area (Å²) in [6.07, 6.45) is 3.04. The molecule has 1 aromatic rings. The van der Waals surface area contributed by atoms with E-state index in [1.165, 1.54) is 0 Å². The van der Waals surface area contributed by atoms with Crippen molar-refractivity contribution in [2.24, 2.45) is 0 Å². The van der Waals surface area contributed by atoms with Crippen LogP contribution in [0.15, 0.2) is 24.3 Å². The fourth-order valence-electron chi connectivity index (χ4n) is 1.77. The van der Waals surface area contributed by atoms with Crippen LogP contribution in [0.2, 0.25) is 0 Å². The van der Waals surface area contributed by atoms with E-state index in [1.54, 1.807) is 0 Å². The van der Waals surface area contributed by atoms with Gasteiger partial charge in [-0.3, -0.25) is 4.79 Å². The van der Waals surface area contributed by atoms with Crippen LogP contribution in [0.3, 0.4) is 0 Å². The third-order valence-electron chi connectivity index (χ3n) is 3.05. The predicted molar refractivity (Wildman–Crippen MR) is 77.1 cm³/mol. The first-order valence-electron chi connectivity index (χ1n) is 6.86. The van der Waals surface area contributed by atoms with E-state index in [1.807, 2.05) is 24.3 Å². The van der Waals surface area contributed by atoms with Crippen LogP contribution < -0.4 is 10.6 Å². The average Bonchev–Trinajstić information content (AvgIpc) is 2.42. The van der Waals surface area contributed by atoms with Crippen molar-refractivity contribution >= 4 is 11.6 Å². The zero-order valence-corrected chi connectivity index (χ0v) is 11.6. The minimum Gasteiger partial charge on any atom is -0.385 e. The highest BCUT2D eigenvalue weighted by atomic mass is 16.1. The van der Waals surface area contributed by atoms with E-state index in [9.17, 15) is 4.79 Å². The lowest BCUT2D eigenvalue weighted by molar-refractivity contribution is 0.0935. The Morgan fingerprint density at radius 2 is 1.72 bits per heavy atom. The zero-order chi connectivity index (χ0) is 13.4. The van der Waals surface area contributed by atoms with Crippen LogP contribution in [0.4, 0.5) is 5.69 Å². The van der Waals surface area contributed by atoms with Gasteiger partial charge in [0.15, 0.2) is 0 Å². The second-order valence-corrected chi connectivity index (χ2v) is 4.49. The van der Waals surface area contributed by atoms with Crippen molar-refractivity contribution < 1.29 is 4.79 Å².